The van der Waals surface area contributed by atoms with E-state index in [0.29, 0.717) is 13.2 Å². The van der Waals surface area contributed by atoms with E-state index in [1.54, 1.807) is 0 Å². The average Bonchev–Trinajstić information content (AvgIpc) is 2.15. The van der Waals surface area contributed by atoms with Crippen LogP contribution in [0, 0.1) is 16.7 Å². The minimum absolute atomic E-state index is 0.199. The molecule has 0 aliphatic carbocycles. The maximum atomic E-state index is 9.05. The molecule has 0 aromatic rings. The topological polar surface area (TPSA) is 39.5 Å². The molecule has 14 heavy (non-hydrogen) atoms. The van der Waals surface area contributed by atoms with Crippen molar-refractivity contribution in [2.24, 2.45) is 5.41 Å². The van der Waals surface area contributed by atoms with Gasteiger partial charge in [0.25, 0.3) is 0 Å². The Morgan fingerprint density at radius 3 is 2.36 bits per heavy atom. The third-order valence-corrected chi connectivity index (χ3v) is 3.12. The summed E-state index contributed by atoms with van der Waals surface area (Å²) >= 11 is 0. The van der Waals surface area contributed by atoms with Crippen LogP contribution in [0.15, 0.2) is 0 Å². The van der Waals surface area contributed by atoms with Gasteiger partial charge in [-0.15, -0.1) is 0 Å². The summed E-state index contributed by atoms with van der Waals surface area (Å²) in [5.74, 6) is 0. The summed E-state index contributed by atoms with van der Waals surface area (Å²) in [5, 5.41) is 9.05. The zero-order valence-electron chi connectivity index (χ0n) is 8.70. The molecular weight excluding hydrogens is 178 g/mol. The average molecular weight is 195 g/mol. The van der Waals surface area contributed by atoms with Gasteiger partial charge in [-0.2, -0.15) is 5.26 Å². The highest BCUT2D eigenvalue weighted by Gasteiger charge is 2.40. The number of hydrogen-bond acceptors (Lipinski definition) is 4. The first-order valence-electron chi connectivity index (χ1n) is 5.14. The molecule has 0 unspecified atom stereocenters. The summed E-state index contributed by atoms with van der Waals surface area (Å²) in [4.78, 5) is 4.71. The van der Waals surface area contributed by atoms with Crippen molar-refractivity contribution in [2.45, 2.75) is 0 Å². The van der Waals surface area contributed by atoms with Gasteiger partial charge < -0.3 is 9.64 Å². The van der Waals surface area contributed by atoms with Crippen molar-refractivity contribution in [3.05, 3.63) is 0 Å². The van der Waals surface area contributed by atoms with E-state index >= 15 is 0 Å². The molecule has 2 heterocycles. The number of ether oxygens (including phenoxy) is 1. The van der Waals surface area contributed by atoms with Crippen LogP contribution in [0.3, 0.4) is 0 Å². The minimum atomic E-state index is -0.199. The number of hydrogen-bond donors (Lipinski definition) is 0. The predicted octanol–water partition coefficient (Wildman–Crippen LogP) is -0.226. The summed E-state index contributed by atoms with van der Waals surface area (Å²) in [6.07, 6.45) is 0. The fourth-order valence-electron chi connectivity index (χ4n) is 1.97. The van der Waals surface area contributed by atoms with Crippen LogP contribution < -0.4 is 0 Å². The highest BCUT2D eigenvalue weighted by Crippen LogP contribution is 2.27. The van der Waals surface area contributed by atoms with Crippen LogP contribution >= 0.6 is 0 Å². The van der Waals surface area contributed by atoms with Crippen LogP contribution in [0.2, 0.25) is 0 Å². The lowest BCUT2D eigenvalue weighted by Gasteiger charge is -2.41. The van der Waals surface area contributed by atoms with Crippen molar-refractivity contribution in [3.63, 3.8) is 0 Å². The summed E-state index contributed by atoms with van der Waals surface area (Å²) in [5.41, 5.74) is -0.199. The second-order valence-electron chi connectivity index (χ2n) is 4.46. The molecule has 0 radical (unpaired) electrons. The smallest absolute Gasteiger partial charge is 0.116 e. The number of nitrogens with zero attached hydrogens (tertiary/aromatic N) is 3. The molecule has 78 valence electrons. The van der Waals surface area contributed by atoms with Crippen molar-refractivity contribution in [3.8, 4) is 6.07 Å². The van der Waals surface area contributed by atoms with Crippen LogP contribution in [0.25, 0.3) is 0 Å². The summed E-state index contributed by atoms with van der Waals surface area (Å²) < 4.78 is 5.13. The van der Waals surface area contributed by atoms with Crippen LogP contribution in [0.1, 0.15) is 0 Å². The van der Waals surface area contributed by atoms with Crippen molar-refractivity contribution < 1.29 is 4.74 Å². The van der Waals surface area contributed by atoms with Crippen molar-refractivity contribution >= 4 is 0 Å². The Balaban J connectivity index is 1.83. The molecule has 2 aliphatic heterocycles. The Bertz CT molecular complexity index is 236. The molecule has 0 amide bonds. The highest BCUT2D eigenvalue weighted by atomic mass is 16.5. The van der Waals surface area contributed by atoms with Crippen molar-refractivity contribution in [2.75, 3.05) is 53.0 Å². The Hall–Kier alpha value is -0.630. The van der Waals surface area contributed by atoms with Gasteiger partial charge in [-0.05, 0) is 7.05 Å². The maximum Gasteiger partial charge on any atom is 0.116 e. The van der Waals surface area contributed by atoms with Gasteiger partial charge in [0, 0.05) is 32.7 Å². The molecule has 4 nitrogen and oxygen atoms in total. The van der Waals surface area contributed by atoms with Gasteiger partial charge in [-0.25, -0.2) is 0 Å². The molecule has 0 aromatic carbocycles. The molecule has 0 bridgehead atoms. The first-order valence-corrected chi connectivity index (χ1v) is 5.14. The Morgan fingerprint density at radius 1 is 1.29 bits per heavy atom. The maximum absolute atomic E-state index is 9.05. The minimum Gasteiger partial charge on any atom is -0.378 e. The lowest BCUT2D eigenvalue weighted by molar-refractivity contribution is -0.0942. The van der Waals surface area contributed by atoms with Crippen LogP contribution in [0.5, 0.6) is 0 Å². The van der Waals surface area contributed by atoms with E-state index in [2.05, 4.69) is 22.9 Å². The molecule has 0 N–H and O–H groups in total. The Morgan fingerprint density at radius 2 is 1.93 bits per heavy atom. The van der Waals surface area contributed by atoms with Gasteiger partial charge in [0.15, 0.2) is 0 Å². The lowest BCUT2D eigenvalue weighted by Crippen LogP contribution is -2.54. The van der Waals surface area contributed by atoms with E-state index in [-0.39, 0.29) is 5.41 Å². The Labute approximate surface area is 85.0 Å². The van der Waals surface area contributed by atoms with E-state index in [1.807, 2.05) is 0 Å². The third kappa shape index (κ3) is 1.90. The first-order chi connectivity index (χ1) is 6.74. The molecule has 4 heteroatoms. The Kier molecular flexibility index (Phi) is 2.73. The van der Waals surface area contributed by atoms with E-state index < -0.39 is 0 Å². The van der Waals surface area contributed by atoms with Gasteiger partial charge in [-0.1, -0.05) is 0 Å². The second-order valence-corrected chi connectivity index (χ2v) is 4.46. The number of piperazine rings is 1. The molecule has 0 aromatic heterocycles. The molecule has 2 saturated heterocycles. The predicted molar refractivity (Wildman–Crippen MR) is 52.8 cm³/mol. The molecule has 2 aliphatic rings. The van der Waals surface area contributed by atoms with Crippen molar-refractivity contribution in [1.29, 1.82) is 5.26 Å². The summed E-state index contributed by atoms with van der Waals surface area (Å²) in [7, 11) is 2.14. The highest BCUT2D eigenvalue weighted by molar-refractivity contribution is 5.05. The van der Waals surface area contributed by atoms with Crippen LogP contribution in [0.4, 0.5) is 0 Å². The van der Waals surface area contributed by atoms with E-state index in [9.17, 15) is 0 Å². The molecule has 2 rings (SSSR count). The summed E-state index contributed by atoms with van der Waals surface area (Å²) in [6, 6.07) is 2.39. The van der Waals surface area contributed by atoms with Gasteiger partial charge in [-0.3, -0.25) is 4.90 Å². The molecule has 0 spiro atoms. The largest absolute Gasteiger partial charge is 0.378 e. The summed E-state index contributed by atoms with van der Waals surface area (Å²) in [6.45, 7) is 6.52. The molecule has 2 fully saturated rings. The fourth-order valence-corrected chi connectivity index (χ4v) is 1.97. The number of rotatable bonds is 2. The number of nitriles is 1. The van der Waals surface area contributed by atoms with Gasteiger partial charge in [0.2, 0.25) is 0 Å². The molecular formula is C10H17N3O. The molecule has 0 atom stereocenters. The SMILES string of the molecule is CN1CCN(CC2(C#N)COC2)CC1. The van der Waals surface area contributed by atoms with Crippen molar-refractivity contribution in [1.82, 2.24) is 9.80 Å². The van der Waals surface area contributed by atoms with Crippen LogP contribution in [-0.4, -0.2) is 62.8 Å². The second kappa shape index (κ2) is 3.85. The van der Waals surface area contributed by atoms with Crippen LogP contribution in [-0.2, 0) is 4.74 Å². The number of likely N-dealkylation sites (N-methyl/N-ethyl adjacent to an activating group) is 1. The van der Waals surface area contributed by atoms with Gasteiger partial charge in [0.05, 0.1) is 19.3 Å². The van der Waals surface area contributed by atoms with Gasteiger partial charge in [0.1, 0.15) is 5.41 Å². The first kappa shape index (κ1) is 9.91. The monoisotopic (exact) mass is 195 g/mol. The lowest BCUT2D eigenvalue weighted by atomic mass is 9.87. The normalized spacial score (nSPS) is 28.0. The zero-order chi connectivity index (χ0) is 10.0. The van der Waals surface area contributed by atoms with Gasteiger partial charge >= 0.3 is 0 Å². The standard InChI is InChI=1S/C10H17N3O/c1-12-2-4-13(5-3-12)7-10(6-11)8-14-9-10/h2-5,7-9H2,1H3. The zero-order valence-corrected chi connectivity index (χ0v) is 8.70. The quantitative estimate of drug-likeness (QED) is 0.610. The van der Waals surface area contributed by atoms with E-state index in [1.165, 1.54) is 0 Å². The van der Waals surface area contributed by atoms with E-state index in [4.69, 9.17) is 10.00 Å². The third-order valence-electron chi connectivity index (χ3n) is 3.12. The molecule has 0 saturated carbocycles. The fraction of sp³-hybridized carbons (Fsp3) is 0.900. The van der Waals surface area contributed by atoms with E-state index in [0.717, 1.165) is 32.7 Å².